The van der Waals surface area contributed by atoms with E-state index in [4.69, 9.17) is 4.74 Å². The number of nitrogens with zero attached hydrogens (tertiary/aromatic N) is 1. The second kappa shape index (κ2) is 8.91. The topological polar surface area (TPSA) is 87.7 Å². The van der Waals surface area contributed by atoms with Gasteiger partial charge in [-0.15, -0.1) is 0 Å². The Hall–Kier alpha value is -4.13. The Morgan fingerprint density at radius 1 is 0.971 bits per heavy atom. The highest BCUT2D eigenvalue weighted by Crippen LogP contribution is 2.32. The van der Waals surface area contributed by atoms with Gasteiger partial charge in [0.25, 0.3) is 5.91 Å². The minimum Gasteiger partial charge on any atom is -0.457 e. The molecule has 4 amide bonds. The number of carbonyl (C=O) groups excluding carboxylic acids is 3. The van der Waals surface area contributed by atoms with Crippen LogP contribution in [0.2, 0.25) is 0 Å². The molecule has 35 heavy (non-hydrogen) atoms. The Bertz CT molecular complexity index is 1300. The summed E-state index contributed by atoms with van der Waals surface area (Å²) in [4.78, 5) is 39.5. The molecule has 0 spiro atoms. The molecule has 0 radical (unpaired) electrons. The highest BCUT2D eigenvalue weighted by atomic mass is 16.5. The van der Waals surface area contributed by atoms with Crippen LogP contribution in [0.5, 0.6) is 11.5 Å². The number of imide groups is 1. The van der Waals surface area contributed by atoms with Crippen LogP contribution in [0.25, 0.3) is 0 Å². The second-order valence-corrected chi connectivity index (χ2v) is 9.27. The zero-order valence-corrected chi connectivity index (χ0v) is 19.8. The first-order valence-electron chi connectivity index (χ1n) is 11.7. The van der Waals surface area contributed by atoms with Crippen molar-refractivity contribution in [2.45, 2.75) is 38.6 Å². The Labute approximate surface area is 204 Å². The van der Waals surface area contributed by atoms with E-state index in [9.17, 15) is 14.4 Å². The molecule has 2 N–H and O–H groups in total. The predicted octanol–water partition coefficient (Wildman–Crippen LogP) is 4.68. The molecule has 0 bridgehead atoms. The number of amides is 4. The minimum absolute atomic E-state index is 0.368. The summed E-state index contributed by atoms with van der Waals surface area (Å²) < 4.78 is 5.80. The molecule has 0 unspecified atom stereocenters. The number of urea groups is 1. The first kappa shape index (κ1) is 22.7. The van der Waals surface area contributed by atoms with Gasteiger partial charge in [0.15, 0.2) is 0 Å². The van der Waals surface area contributed by atoms with Crippen LogP contribution in [0.4, 0.5) is 10.5 Å². The van der Waals surface area contributed by atoms with Gasteiger partial charge in [0.1, 0.15) is 23.6 Å². The van der Waals surface area contributed by atoms with Crippen LogP contribution in [0.3, 0.4) is 0 Å². The lowest BCUT2D eigenvalue weighted by atomic mass is 9.89. The number of fused-ring (bicyclic) bond motifs is 1. The van der Waals surface area contributed by atoms with E-state index in [1.54, 1.807) is 31.2 Å². The summed E-state index contributed by atoms with van der Waals surface area (Å²) in [6.07, 6.45) is 3.11. The summed E-state index contributed by atoms with van der Waals surface area (Å²) in [5.74, 6) is 0.458. The van der Waals surface area contributed by atoms with Gasteiger partial charge in [-0.2, -0.15) is 0 Å². The number of anilines is 1. The second-order valence-electron chi connectivity index (χ2n) is 9.27. The van der Waals surface area contributed by atoms with Crippen LogP contribution in [-0.4, -0.2) is 29.3 Å². The number of hydrogen-bond donors (Lipinski definition) is 2. The molecule has 7 heteroatoms. The van der Waals surface area contributed by atoms with E-state index in [0.717, 1.165) is 41.0 Å². The maximum absolute atomic E-state index is 13.2. The van der Waals surface area contributed by atoms with Crippen molar-refractivity contribution in [3.8, 4) is 11.5 Å². The van der Waals surface area contributed by atoms with Gasteiger partial charge in [-0.1, -0.05) is 35.9 Å². The number of ether oxygens (including phenoxy) is 1. The summed E-state index contributed by atoms with van der Waals surface area (Å²) in [5.41, 5.74) is 3.75. The molecule has 1 heterocycles. The first-order valence-corrected chi connectivity index (χ1v) is 11.7. The summed E-state index contributed by atoms with van der Waals surface area (Å²) in [7, 11) is 0. The molecule has 1 aliphatic carbocycles. The Morgan fingerprint density at radius 3 is 2.34 bits per heavy atom. The van der Waals surface area contributed by atoms with Crippen molar-refractivity contribution >= 4 is 23.5 Å². The van der Waals surface area contributed by atoms with Gasteiger partial charge in [-0.25, -0.2) is 4.79 Å². The van der Waals surface area contributed by atoms with E-state index in [1.807, 2.05) is 49.4 Å². The van der Waals surface area contributed by atoms with Crippen molar-refractivity contribution in [1.29, 1.82) is 0 Å². The van der Waals surface area contributed by atoms with Crippen LogP contribution in [-0.2, 0) is 28.0 Å². The van der Waals surface area contributed by atoms with Crippen molar-refractivity contribution in [2.24, 2.45) is 0 Å². The third kappa shape index (κ3) is 4.49. The van der Waals surface area contributed by atoms with Gasteiger partial charge in [0.2, 0.25) is 5.91 Å². The monoisotopic (exact) mass is 469 g/mol. The van der Waals surface area contributed by atoms with E-state index >= 15 is 0 Å². The van der Waals surface area contributed by atoms with Crippen molar-refractivity contribution in [2.75, 3.05) is 11.9 Å². The Kier molecular flexibility index (Phi) is 5.76. The van der Waals surface area contributed by atoms with Gasteiger partial charge >= 0.3 is 6.03 Å². The maximum Gasteiger partial charge on any atom is 0.325 e. The Balaban J connectivity index is 1.22. The lowest BCUT2D eigenvalue weighted by molar-refractivity contribution is -0.133. The SMILES string of the molecule is Cc1ccc(Oc2ccc(NC(=O)CN3C(=O)N[C@@](C)(c4ccc5c(c4)CCC5)C3=O)cc2)cc1. The molecule has 1 fully saturated rings. The minimum atomic E-state index is -1.19. The van der Waals surface area contributed by atoms with Crippen molar-refractivity contribution in [3.63, 3.8) is 0 Å². The molecule has 1 aliphatic heterocycles. The fourth-order valence-electron chi connectivity index (χ4n) is 4.61. The molecule has 7 nitrogen and oxygen atoms in total. The molecule has 0 aromatic heterocycles. The lowest BCUT2D eigenvalue weighted by Gasteiger charge is -2.23. The third-order valence-corrected chi connectivity index (χ3v) is 6.65. The number of hydrogen-bond acceptors (Lipinski definition) is 4. The van der Waals surface area contributed by atoms with Crippen LogP contribution >= 0.6 is 0 Å². The molecule has 1 atom stereocenters. The quantitative estimate of drug-likeness (QED) is 0.513. The molecular weight excluding hydrogens is 442 g/mol. The summed E-state index contributed by atoms with van der Waals surface area (Å²) in [5, 5.41) is 5.52. The normalized spacial score (nSPS) is 18.9. The fourth-order valence-corrected chi connectivity index (χ4v) is 4.61. The highest BCUT2D eigenvalue weighted by Gasteiger charge is 2.49. The summed E-state index contributed by atoms with van der Waals surface area (Å²) in [6.45, 7) is 3.33. The number of rotatable bonds is 6. The predicted molar refractivity (Wildman–Crippen MR) is 132 cm³/mol. The molecule has 5 rings (SSSR count). The van der Waals surface area contributed by atoms with Crippen molar-refractivity contribution < 1.29 is 19.1 Å². The molecule has 1 saturated heterocycles. The zero-order chi connectivity index (χ0) is 24.6. The number of aryl methyl sites for hydroxylation is 3. The molecule has 3 aromatic carbocycles. The van der Waals surface area contributed by atoms with Gasteiger partial charge < -0.3 is 15.4 Å². The lowest BCUT2D eigenvalue weighted by Crippen LogP contribution is -2.42. The first-order chi connectivity index (χ1) is 16.8. The van der Waals surface area contributed by atoms with Gasteiger partial charge in [0.05, 0.1) is 0 Å². The van der Waals surface area contributed by atoms with E-state index in [0.29, 0.717) is 11.4 Å². The van der Waals surface area contributed by atoms with Crippen LogP contribution in [0, 0.1) is 6.92 Å². The molecule has 0 saturated carbocycles. The van der Waals surface area contributed by atoms with Crippen LogP contribution < -0.4 is 15.4 Å². The summed E-state index contributed by atoms with van der Waals surface area (Å²) >= 11 is 0. The number of nitrogens with one attached hydrogen (secondary N) is 2. The number of carbonyl (C=O) groups is 3. The zero-order valence-electron chi connectivity index (χ0n) is 19.8. The highest BCUT2D eigenvalue weighted by molar-refractivity contribution is 6.10. The molecule has 2 aliphatic rings. The third-order valence-electron chi connectivity index (χ3n) is 6.65. The van der Waals surface area contributed by atoms with E-state index in [1.165, 1.54) is 11.1 Å². The van der Waals surface area contributed by atoms with Crippen LogP contribution in [0.15, 0.2) is 66.7 Å². The fraction of sp³-hybridized carbons (Fsp3) is 0.250. The summed E-state index contributed by atoms with van der Waals surface area (Å²) in [6, 6.07) is 20.0. The standard InChI is InChI=1S/C28H27N3O4/c1-18-6-12-23(13-7-18)35-24-14-10-22(11-15-24)29-25(32)17-31-26(33)28(2,30-27(31)34)21-9-8-19-4-3-5-20(19)16-21/h6-16H,3-5,17H2,1-2H3,(H,29,32)(H,30,34)/t28-/m0/s1. The number of benzene rings is 3. The van der Waals surface area contributed by atoms with Gasteiger partial charge in [-0.05, 0) is 86.2 Å². The average molecular weight is 470 g/mol. The Morgan fingerprint density at radius 2 is 1.63 bits per heavy atom. The van der Waals surface area contributed by atoms with Crippen molar-refractivity contribution in [1.82, 2.24) is 10.2 Å². The molecule has 3 aromatic rings. The largest absolute Gasteiger partial charge is 0.457 e. The van der Waals surface area contributed by atoms with E-state index in [-0.39, 0.29) is 6.54 Å². The van der Waals surface area contributed by atoms with Gasteiger partial charge in [0, 0.05) is 5.69 Å². The van der Waals surface area contributed by atoms with E-state index in [2.05, 4.69) is 10.6 Å². The van der Waals surface area contributed by atoms with Gasteiger partial charge in [-0.3, -0.25) is 14.5 Å². The van der Waals surface area contributed by atoms with Crippen LogP contribution in [0.1, 0.15) is 35.6 Å². The molecule has 178 valence electrons. The van der Waals surface area contributed by atoms with E-state index < -0.39 is 23.4 Å². The average Bonchev–Trinajstić information content (AvgIpc) is 3.40. The maximum atomic E-state index is 13.2. The smallest absolute Gasteiger partial charge is 0.325 e. The van der Waals surface area contributed by atoms with Crippen molar-refractivity contribution in [3.05, 3.63) is 89.0 Å². The molecular formula is C28H27N3O4.